The fourth-order valence-electron chi connectivity index (χ4n) is 6.43. The van der Waals surface area contributed by atoms with Crippen LogP contribution in [0.4, 0.5) is 0 Å². The summed E-state index contributed by atoms with van der Waals surface area (Å²) in [5.41, 5.74) is 6.39. The quantitative estimate of drug-likeness (QED) is 0.203. The van der Waals surface area contributed by atoms with E-state index in [4.69, 9.17) is 9.72 Å². The van der Waals surface area contributed by atoms with Crippen LogP contribution in [0.2, 0.25) is 0 Å². The van der Waals surface area contributed by atoms with Crippen LogP contribution < -0.4 is 4.74 Å². The number of aryl methyl sites for hydroxylation is 1. The Balaban J connectivity index is 1.16. The lowest BCUT2D eigenvalue weighted by atomic mass is 10.1. The molecule has 7 heteroatoms. The number of benzene rings is 4. The second-order valence-corrected chi connectivity index (χ2v) is 11.1. The van der Waals surface area contributed by atoms with E-state index < -0.39 is 0 Å². The second kappa shape index (κ2) is 9.92. The third-order valence-corrected chi connectivity index (χ3v) is 8.51. The van der Waals surface area contributed by atoms with Crippen LogP contribution >= 0.6 is 0 Å². The molecule has 0 fully saturated rings. The Morgan fingerprint density at radius 1 is 0.533 bits per heavy atom. The summed E-state index contributed by atoms with van der Waals surface area (Å²) in [5.74, 6) is 3.20. The number of aromatic nitrogens is 6. The van der Waals surface area contributed by atoms with Gasteiger partial charge >= 0.3 is 0 Å². The molecule has 4 aromatic carbocycles. The Morgan fingerprint density at radius 3 is 1.78 bits per heavy atom. The lowest BCUT2D eigenvalue weighted by molar-refractivity contribution is 0.484. The predicted octanol–water partition coefficient (Wildman–Crippen LogP) is 8.86. The lowest BCUT2D eigenvalue weighted by Crippen LogP contribution is -2.02. The van der Waals surface area contributed by atoms with Crippen LogP contribution in [-0.2, 0) is 7.05 Å². The van der Waals surface area contributed by atoms with E-state index in [-0.39, 0.29) is 0 Å². The van der Waals surface area contributed by atoms with E-state index >= 15 is 0 Å². The molecule has 0 saturated heterocycles. The van der Waals surface area contributed by atoms with E-state index in [2.05, 4.69) is 104 Å². The van der Waals surface area contributed by atoms with Crippen molar-refractivity contribution >= 4 is 43.6 Å². The number of nitrogens with zero attached hydrogens (tertiary/aromatic N) is 6. The SMILES string of the molecule is Cn1ccnc1-n1c2ccccc2c2ccc(Oc3ccc4c5ccccc5n(-c5ccc(-c6ccncc6)cn5)c4c3)cc21. The highest BCUT2D eigenvalue weighted by Crippen LogP contribution is 2.37. The van der Waals surface area contributed by atoms with Gasteiger partial charge in [-0.15, -0.1) is 0 Å². The molecule has 0 saturated carbocycles. The van der Waals surface area contributed by atoms with Gasteiger partial charge in [0.05, 0.1) is 22.1 Å². The van der Waals surface area contributed by atoms with Crippen molar-refractivity contribution in [1.29, 1.82) is 0 Å². The van der Waals surface area contributed by atoms with E-state index in [9.17, 15) is 0 Å². The van der Waals surface area contributed by atoms with Gasteiger partial charge in [0.25, 0.3) is 0 Å². The molecule has 0 aliphatic rings. The Bertz CT molecular complexity index is 2520. The number of hydrogen-bond acceptors (Lipinski definition) is 4. The molecule has 0 radical (unpaired) electrons. The number of pyridine rings is 2. The first-order valence-corrected chi connectivity index (χ1v) is 14.8. The number of para-hydroxylation sites is 2. The van der Waals surface area contributed by atoms with Gasteiger partial charge in [-0.05, 0) is 66.2 Å². The minimum absolute atomic E-state index is 0.749. The number of ether oxygens (including phenoxy) is 1. The van der Waals surface area contributed by atoms with Gasteiger partial charge in [0.15, 0.2) is 0 Å². The average Bonchev–Trinajstić information content (AvgIpc) is 3.76. The van der Waals surface area contributed by atoms with Gasteiger partial charge < -0.3 is 9.30 Å². The highest BCUT2D eigenvalue weighted by molar-refractivity contribution is 6.10. The highest BCUT2D eigenvalue weighted by atomic mass is 16.5. The molecule has 0 bridgehead atoms. The summed E-state index contributed by atoms with van der Waals surface area (Å²) >= 11 is 0. The molecule has 0 spiro atoms. The van der Waals surface area contributed by atoms with Crippen molar-refractivity contribution in [3.05, 3.63) is 140 Å². The van der Waals surface area contributed by atoms with Crippen molar-refractivity contribution in [2.45, 2.75) is 0 Å². The van der Waals surface area contributed by atoms with E-state index in [0.29, 0.717) is 0 Å². The first kappa shape index (κ1) is 25.3. The Morgan fingerprint density at radius 2 is 1.16 bits per heavy atom. The fourth-order valence-corrected chi connectivity index (χ4v) is 6.43. The average molecular weight is 583 g/mol. The largest absolute Gasteiger partial charge is 0.457 e. The van der Waals surface area contributed by atoms with Crippen molar-refractivity contribution in [2.24, 2.45) is 7.05 Å². The third-order valence-electron chi connectivity index (χ3n) is 8.51. The fraction of sp³-hybridized carbons (Fsp3) is 0.0263. The predicted molar refractivity (Wildman–Crippen MR) is 179 cm³/mol. The molecule has 0 aliphatic carbocycles. The summed E-state index contributed by atoms with van der Waals surface area (Å²) in [5, 5.41) is 4.64. The Kier molecular flexibility index (Phi) is 5.58. The summed E-state index contributed by atoms with van der Waals surface area (Å²) < 4.78 is 13.0. The van der Waals surface area contributed by atoms with Crippen LogP contribution in [0, 0.1) is 0 Å². The van der Waals surface area contributed by atoms with Gasteiger partial charge in [-0.25, -0.2) is 9.97 Å². The summed E-state index contributed by atoms with van der Waals surface area (Å²) in [6.45, 7) is 0. The minimum atomic E-state index is 0.749. The number of hydrogen-bond donors (Lipinski definition) is 0. The molecule has 45 heavy (non-hydrogen) atoms. The van der Waals surface area contributed by atoms with Crippen molar-refractivity contribution < 1.29 is 4.74 Å². The zero-order valence-electron chi connectivity index (χ0n) is 24.4. The molecule has 214 valence electrons. The molecule has 5 heterocycles. The van der Waals surface area contributed by atoms with Crippen molar-refractivity contribution in [2.75, 3.05) is 0 Å². The van der Waals surface area contributed by atoms with Crippen LogP contribution in [-0.4, -0.2) is 28.7 Å². The molecule has 9 rings (SSSR count). The highest BCUT2D eigenvalue weighted by Gasteiger charge is 2.17. The first-order valence-electron chi connectivity index (χ1n) is 14.8. The minimum Gasteiger partial charge on any atom is -0.457 e. The van der Waals surface area contributed by atoms with Gasteiger partial charge in [-0.2, -0.15) is 0 Å². The van der Waals surface area contributed by atoms with E-state index in [1.54, 1.807) is 12.4 Å². The summed E-state index contributed by atoms with van der Waals surface area (Å²) in [4.78, 5) is 13.7. The number of imidazole rings is 1. The maximum Gasteiger partial charge on any atom is 0.214 e. The molecule has 5 aromatic heterocycles. The number of rotatable bonds is 5. The second-order valence-electron chi connectivity index (χ2n) is 11.1. The van der Waals surface area contributed by atoms with E-state index in [0.717, 1.165) is 67.2 Å². The van der Waals surface area contributed by atoms with Gasteiger partial charge in [-0.1, -0.05) is 36.4 Å². The summed E-state index contributed by atoms with van der Waals surface area (Å²) in [6, 6.07) is 37.6. The molecule has 0 N–H and O–H groups in total. The van der Waals surface area contributed by atoms with Crippen LogP contribution in [0.25, 0.3) is 66.5 Å². The Labute approximate surface area is 258 Å². The molecule has 9 aromatic rings. The third kappa shape index (κ3) is 4.02. The molecular weight excluding hydrogens is 556 g/mol. The van der Waals surface area contributed by atoms with Crippen LogP contribution in [0.1, 0.15) is 0 Å². The summed E-state index contributed by atoms with van der Waals surface area (Å²) in [7, 11) is 2.01. The molecule has 0 unspecified atom stereocenters. The van der Waals surface area contributed by atoms with Gasteiger partial charge in [0.1, 0.15) is 17.3 Å². The standard InChI is InChI=1S/C38H26N6O/c1-42-21-20-40-38(42)44-34-9-5-3-7-30(34)32-14-12-28(23-36(32)44)45-27-11-13-31-29-6-2-4-8-33(29)43(35(31)22-27)37-15-10-26(24-41-37)25-16-18-39-19-17-25/h2-24H,1H3. The van der Waals surface area contributed by atoms with Gasteiger partial charge in [0.2, 0.25) is 5.95 Å². The smallest absolute Gasteiger partial charge is 0.214 e. The van der Waals surface area contributed by atoms with Gasteiger partial charge in [-0.3, -0.25) is 14.1 Å². The van der Waals surface area contributed by atoms with Crippen LogP contribution in [0.5, 0.6) is 11.5 Å². The molecule has 0 amide bonds. The van der Waals surface area contributed by atoms with Crippen molar-refractivity contribution in [3.8, 4) is 34.4 Å². The topological polar surface area (TPSA) is 62.7 Å². The van der Waals surface area contributed by atoms with Gasteiger partial charge in [0, 0.05) is 77.3 Å². The normalized spacial score (nSPS) is 11.7. The monoisotopic (exact) mass is 582 g/mol. The van der Waals surface area contributed by atoms with Crippen LogP contribution in [0.3, 0.4) is 0 Å². The summed E-state index contributed by atoms with van der Waals surface area (Å²) in [6.07, 6.45) is 9.31. The molecule has 0 atom stereocenters. The molecular formula is C38H26N6O. The van der Waals surface area contributed by atoms with Crippen molar-refractivity contribution in [3.63, 3.8) is 0 Å². The first-order chi connectivity index (χ1) is 22.2. The maximum atomic E-state index is 6.58. The number of fused-ring (bicyclic) bond motifs is 6. The maximum absolute atomic E-state index is 6.58. The molecule has 7 nitrogen and oxygen atoms in total. The van der Waals surface area contributed by atoms with Crippen LogP contribution in [0.15, 0.2) is 140 Å². The van der Waals surface area contributed by atoms with E-state index in [1.807, 2.05) is 54.5 Å². The molecule has 0 aliphatic heterocycles. The lowest BCUT2D eigenvalue weighted by Gasteiger charge is -2.11. The van der Waals surface area contributed by atoms with E-state index in [1.165, 1.54) is 10.8 Å². The zero-order chi connectivity index (χ0) is 29.9. The zero-order valence-corrected chi connectivity index (χ0v) is 24.4. The Hall–Kier alpha value is -6.21. The van der Waals surface area contributed by atoms with Crippen molar-refractivity contribution in [1.82, 2.24) is 28.7 Å².